The predicted octanol–water partition coefficient (Wildman–Crippen LogP) is 3.00. The first-order valence-corrected chi connectivity index (χ1v) is 8.39. The van der Waals surface area contributed by atoms with Crippen LogP contribution in [0.4, 0.5) is 8.78 Å². The second-order valence-electron chi connectivity index (χ2n) is 6.32. The van der Waals surface area contributed by atoms with E-state index < -0.39 is 17.7 Å². The van der Waals surface area contributed by atoms with Crippen LogP contribution in [0, 0.1) is 11.6 Å². The Kier molecular flexibility index (Phi) is 5.38. The van der Waals surface area contributed by atoms with Gasteiger partial charge in [-0.3, -0.25) is 14.7 Å². The lowest BCUT2D eigenvalue weighted by atomic mass is 9.98. The second kappa shape index (κ2) is 7.70. The van der Waals surface area contributed by atoms with Crippen LogP contribution in [0.3, 0.4) is 0 Å². The third-order valence-corrected chi connectivity index (χ3v) is 4.59. The highest BCUT2D eigenvalue weighted by Crippen LogP contribution is 2.29. The number of hydrogen-bond acceptors (Lipinski definition) is 3. The molecular weight excluding hydrogens is 324 g/mol. The number of likely N-dealkylation sites (tertiary alicyclic amines) is 1. The summed E-state index contributed by atoms with van der Waals surface area (Å²) in [6, 6.07) is 6.90. The van der Waals surface area contributed by atoms with E-state index in [2.05, 4.69) is 4.98 Å². The van der Waals surface area contributed by atoms with Crippen molar-refractivity contribution in [2.75, 3.05) is 26.7 Å². The van der Waals surface area contributed by atoms with Crippen LogP contribution in [0.5, 0.6) is 0 Å². The molecule has 2 heterocycles. The van der Waals surface area contributed by atoms with Gasteiger partial charge in [-0.1, -0.05) is 12.1 Å². The van der Waals surface area contributed by atoms with E-state index in [1.54, 1.807) is 18.5 Å². The molecule has 1 saturated heterocycles. The van der Waals surface area contributed by atoms with E-state index in [4.69, 9.17) is 0 Å². The number of aromatic nitrogens is 1. The van der Waals surface area contributed by atoms with Gasteiger partial charge in [0.2, 0.25) is 5.91 Å². The van der Waals surface area contributed by atoms with Crippen LogP contribution < -0.4 is 0 Å². The van der Waals surface area contributed by atoms with Crippen LogP contribution in [0.25, 0.3) is 0 Å². The van der Waals surface area contributed by atoms with Gasteiger partial charge >= 0.3 is 0 Å². The summed E-state index contributed by atoms with van der Waals surface area (Å²) >= 11 is 0. The molecule has 0 saturated carbocycles. The lowest BCUT2D eigenvalue weighted by Gasteiger charge is -2.30. The Hall–Kier alpha value is -2.34. The van der Waals surface area contributed by atoms with Crippen molar-refractivity contribution < 1.29 is 13.6 Å². The second-order valence-corrected chi connectivity index (χ2v) is 6.32. The molecule has 0 aliphatic carbocycles. The minimum absolute atomic E-state index is 0.166. The molecule has 1 aromatic heterocycles. The topological polar surface area (TPSA) is 36.4 Å². The average molecular weight is 345 g/mol. The summed E-state index contributed by atoms with van der Waals surface area (Å²) in [5, 5.41) is 0. The molecule has 0 spiro atoms. The number of amides is 1. The van der Waals surface area contributed by atoms with Crippen molar-refractivity contribution in [2.24, 2.45) is 0 Å². The Bertz CT molecular complexity index is 739. The SMILES string of the molecule is CN(CCN1CCCC1=O)[C@@H](c1cccnc1)c1ccc(F)cc1F. The zero-order chi connectivity index (χ0) is 17.8. The molecule has 0 bridgehead atoms. The van der Waals surface area contributed by atoms with Crippen LogP contribution in [0.2, 0.25) is 0 Å². The molecule has 132 valence electrons. The first-order valence-electron chi connectivity index (χ1n) is 8.39. The Balaban J connectivity index is 1.84. The first-order chi connectivity index (χ1) is 12.1. The highest BCUT2D eigenvalue weighted by atomic mass is 19.1. The summed E-state index contributed by atoms with van der Waals surface area (Å²) < 4.78 is 27.7. The maximum absolute atomic E-state index is 14.4. The number of carbonyl (C=O) groups excluding carboxylic acids is 1. The van der Waals surface area contributed by atoms with Crippen LogP contribution in [-0.4, -0.2) is 47.4 Å². The van der Waals surface area contributed by atoms with E-state index in [-0.39, 0.29) is 5.91 Å². The summed E-state index contributed by atoms with van der Waals surface area (Å²) in [5.41, 5.74) is 1.22. The number of carbonyl (C=O) groups is 1. The maximum Gasteiger partial charge on any atom is 0.222 e. The molecule has 1 amide bonds. The Morgan fingerprint density at radius 2 is 2.16 bits per heavy atom. The van der Waals surface area contributed by atoms with Gasteiger partial charge in [0.15, 0.2) is 0 Å². The first kappa shape index (κ1) is 17.5. The molecule has 1 aliphatic rings. The Labute approximate surface area is 146 Å². The molecule has 2 aromatic rings. The number of nitrogens with zero attached hydrogens (tertiary/aromatic N) is 3. The fourth-order valence-electron chi connectivity index (χ4n) is 3.28. The summed E-state index contributed by atoms with van der Waals surface area (Å²) in [6.45, 7) is 1.95. The number of hydrogen-bond donors (Lipinski definition) is 0. The Morgan fingerprint density at radius 1 is 1.32 bits per heavy atom. The Morgan fingerprint density at radius 3 is 2.80 bits per heavy atom. The molecule has 0 radical (unpaired) electrons. The van der Waals surface area contributed by atoms with Crippen LogP contribution in [-0.2, 0) is 4.79 Å². The van der Waals surface area contributed by atoms with Crippen molar-refractivity contribution in [3.8, 4) is 0 Å². The largest absolute Gasteiger partial charge is 0.341 e. The molecule has 0 N–H and O–H groups in total. The van der Waals surface area contributed by atoms with Crippen molar-refractivity contribution in [1.29, 1.82) is 0 Å². The van der Waals surface area contributed by atoms with Crippen LogP contribution in [0.15, 0.2) is 42.7 Å². The normalized spacial score (nSPS) is 15.8. The van der Waals surface area contributed by atoms with E-state index in [1.165, 1.54) is 12.1 Å². The molecule has 1 atom stereocenters. The molecule has 3 rings (SSSR count). The van der Waals surface area contributed by atoms with Gasteiger partial charge in [-0.25, -0.2) is 8.78 Å². The number of pyridine rings is 1. The van der Waals surface area contributed by atoms with Gasteiger partial charge in [0.25, 0.3) is 0 Å². The smallest absolute Gasteiger partial charge is 0.222 e. The van der Waals surface area contributed by atoms with E-state index in [1.807, 2.05) is 22.9 Å². The standard InChI is InChI=1S/C19H21F2N3O/c1-23(10-11-24-9-3-5-18(24)25)19(14-4-2-8-22-13-14)16-7-6-15(20)12-17(16)21/h2,4,6-8,12-13,19H,3,5,9-11H2,1H3/t19-/m0/s1. The number of rotatable bonds is 6. The zero-order valence-electron chi connectivity index (χ0n) is 14.2. The van der Waals surface area contributed by atoms with Gasteiger partial charge in [0, 0.05) is 50.1 Å². The van der Waals surface area contributed by atoms with E-state index in [9.17, 15) is 13.6 Å². The van der Waals surface area contributed by atoms with Crippen LogP contribution in [0.1, 0.15) is 30.0 Å². The highest BCUT2D eigenvalue weighted by Gasteiger charge is 2.25. The monoisotopic (exact) mass is 345 g/mol. The number of halogens is 2. The molecule has 25 heavy (non-hydrogen) atoms. The van der Waals surface area contributed by atoms with Crippen molar-refractivity contribution in [2.45, 2.75) is 18.9 Å². The molecule has 1 aromatic carbocycles. The van der Waals surface area contributed by atoms with Gasteiger partial charge in [-0.05, 0) is 31.2 Å². The summed E-state index contributed by atoms with van der Waals surface area (Å²) in [6.07, 6.45) is 4.83. The molecule has 6 heteroatoms. The highest BCUT2D eigenvalue weighted by molar-refractivity contribution is 5.78. The third-order valence-electron chi connectivity index (χ3n) is 4.59. The predicted molar refractivity (Wildman–Crippen MR) is 90.9 cm³/mol. The fourth-order valence-corrected chi connectivity index (χ4v) is 3.28. The van der Waals surface area contributed by atoms with Crippen molar-refractivity contribution in [3.05, 3.63) is 65.5 Å². The van der Waals surface area contributed by atoms with Crippen molar-refractivity contribution >= 4 is 5.91 Å². The van der Waals surface area contributed by atoms with Gasteiger partial charge < -0.3 is 4.90 Å². The minimum atomic E-state index is -0.600. The van der Waals surface area contributed by atoms with Crippen molar-refractivity contribution in [1.82, 2.24) is 14.8 Å². The van der Waals surface area contributed by atoms with E-state index in [0.29, 0.717) is 25.1 Å². The van der Waals surface area contributed by atoms with E-state index in [0.717, 1.165) is 24.6 Å². The van der Waals surface area contributed by atoms with Crippen molar-refractivity contribution in [3.63, 3.8) is 0 Å². The lowest BCUT2D eigenvalue weighted by Crippen LogP contribution is -2.36. The molecule has 1 aliphatic heterocycles. The molecular formula is C19H21F2N3O. The molecule has 1 fully saturated rings. The summed E-state index contributed by atoms with van der Waals surface area (Å²) in [5.74, 6) is -1.02. The quantitative estimate of drug-likeness (QED) is 0.808. The number of benzene rings is 1. The minimum Gasteiger partial charge on any atom is -0.341 e. The van der Waals surface area contributed by atoms with Crippen LogP contribution >= 0.6 is 0 Å². The molecule has 4 nitrogen and oxygen atoms in total. The molecule has 0 unspecified atom stereocenters. The fraction of sp³-hybridized carbons (Fsp3) is 0.368. The van der Waals surface area contributed by atoms with E-state index >= 15 is 0 Å². The summed E-state index contributed by atoms with van der Waals surface area (Å²) in [7, 11) is 1.88. The van der Waals surface area contributed by atoms with Gasteiger partial charge in [0.05, 0.1) is 6.04 Å². The third kappa shape index (κ3) is 4.02. The zero-order valence-corrected chi connectivity index (χ0v) is 14.2. The van der Waals surface area contributed by atoms with Gasteiger partial charge in [-0.2, -0.15) is 0 Å². The van der Waals surface area contributed by atoms with Gasteiger partial charge in [-0.15, -0.1) is 0 Å². The number of likely N-dealkylation sites (N-methyl/N-ethyl adjacent to an activating group) is 1. The maximum atomic E-state index is 14.4. The summed E-state index contributed by atoms with van der Waals surface area (Å²) in [4.78, 5) is 19.7. The lowest BCUT2D eigenvalue weighted by molar-refractivity contribution is -0.127. The average Bonchev–Trinajstić information content (AvgIpc) is 3.01. The van der Waals surface area contributed by atoms with Gasteiger partial charge in [0.1, 0.15) is 11.6 Å².